The molecule has 0 unspecified atom stereocenters. The van der Waals surface area contributed by atoms with E-state index in [-0.39, 0.29) is 19.1 Å². The minimum atomic E-state index is -0.322. The molecule has 0 radical (unpaired) electrons. The van der Waals surface area contributed by atoms with Crippen molar-refractivity contribution in [3.8, 4) is 0 Å². The van der Waals surface area contributed by atoms with Gasteiger partial charge < -0.3 is 15.7 Å². The van der Waals surface area contributed by atoms with Crippen LogP contribution in [0.15, 0.2) is 18.2 Å². The van der Waals surface area contributed by atoms with Crippen molar-refractivity contribution in [2.75, 3.05) is 18.0 Å². The van der Waals surface area contributed by atoms with E-state index < -0.39 is 0 Å². The van der Waals surface area contributed by atoms with E-state index in [1.165, 1.54) is 0 Å². The Balaban J connectivity index is 2.92. The Morgan fingerprint density at radius 2 is 2.17 bits per heavy atom. The predicted molar refractivity (Wildman–Crippen MR) is 73.4 cm³/mol. The fourth-order valence-corrected chi connectivity index (χ4v) is 1.99. The first-order valence-electron chi connectivity index (χ1n) is 6.32. The van der Waals surface area contributed by atoms with Crippen LogP contribution in [0.1, 0.15) is 30.9 Å². The summed E-state index contributed by atoms with van der Waals surface area (Å²) in [4.78, 5) is 13.1. The molecular weight excluding hydrogens is 228 g/mol. The molecule has 1 rings (SSSR count). The van der Waals surface area contributed by atoms with Crippen LogP contribution in [0.4, 0.5) is 5.69 Å². The van der Waals surface area contributed by atoms with Gasteiger partial charge >= 0.3 is 0 Å². The molecule has 4 heteroatoms. The summed E-state index contributed by atoms with van der Waals surface area (Å²) in [5.41, 5.74) is 8.24. The van der Waals surface area contributed by atoms with Crippen molar-refractivity contribution in [2.45, 2.75) is 33.3 Å². The van der Waals surface area contributed by atoms with Gasteiger partial charge in [-0.3, -0.25) is 4.79 Å². The fourth-order valence-electron chi connectivity index (χ4n) is 1.99. The van der Waals surface area contributed by atoms with Gasteiger partial charge in [0.2, 0.25) is 5.91 Å². The Bertz CT molecular complexity index is 405. The van der Waals surface area contributed by atoms with Gasteiger partial charge in [0.05, 0.1) is 13.2 Å². The highest BCUT2D eigenvalue weighted by molar-refractivity contribution is 5.80. The van der Waals surface area contributed by atoms with Crippen LogP contribution < -0.4 is 10.6 Å². The van der Waals surface area contributed by atoms with Crippen LogP contribution in [-0.4, -0.2) is 24.1 Å². The smallest absolute Gasteiger partial charge is 0.236 e. The molecule has 0 bridgehead atoms. The quantitative estimate of drug-likeness (QED) is 0.772. The van der Waals surface area contributed by atoms with Crippen LogP contribution in [0.3, 0.4) is 0 Å². The summed E-state index contributed by atoms with van der Waals surface area (Å²) in [7, 11) is 0. The Morgan fingerprint density at radius 1 is 1.44 bits per heavy atom. The SMILES string of the molecule is CCCCN(CC(N)=O)c1ccc(CO)cc1C. The number of rotatable bonds is 7. The number of aliphatic hydroxyl groups excluding tert-OH is 1. The van der Waals surface area contributed by atoms with Crippen molar-refractivity contribution in [2.24, 2.45) is 5.73 Å². The minimum Gasteiger partial charge on any atom is -0.392 e. The second kappa shape index (κ2) is 7.01. The number of unbranched alkanes of at least 4 members (excludes halogenated alkanes) is 1. The summed E-state index contributed by atoms with van der Waals surface area (Å²) < 4.78 is 0. The number of carbonyl (C=O) groups excluding carboxylic acids is 1. The Labute approximate surface area is 108 Å². The van der Waals surface area contributed by atoms with Gasteiger partial charge in [-0.25, -0.2) is 0 Å². The molecule has 0 atom stereocenters. The van der Waals surface area contributed by atoms with Crippen molar-refractivity contribution >= 4 is 11.6 Å². The van der Waals surface area contributed by atoms with Crippen molar-refractivity contribution in [3.05, 3.63) is 29.3 Å². The zero-order valence-electron chi connectivity index (χ0n) is 11.1. The first-order valence-corrected chi connectivity index (χ1v) is 6.32. The number of benzene rings is 1. The second-order valence-electron chi connectivity index (χ2n) is 4.52. The number of aliphatic hydroxyl groups is 1. The van der Waals surface area contributed by atoms with Crippen molar-refractivity contribution < 1.29 is 9.90 Å². The van der Waals surface area contributed by atoms with E-state index in [9.17, 15) is 4.79 Å². The molecule has 0 saturated heterocycles. The molecule has 0 aliphatic carbocycles. The van der Waals surface area contributed by atoms with Gasteiger partial charge in [0.15, 0.2) is 0 Å². The number of carbonyl (C=O) groups is 1. The number of anilines is 1. The molecule has 0 saturated carbocycles. The maximum atomic E-state index is 11.1. The van der Waals surface area contributed by atoms with Crippen LogP contribution in [0.2, 0.25) is 0 Å². The molecule has 100 valence electrons. The summed E-state index contributed by atoms with van der Waals surface area (Å²) >= 11 is 0. The standard InChI is InChI=1S/C14H22N2O2/c1-3-4-7-16(9-14(15)18)13-6-5-12(10-17)8-11(13)2/h5-6,8,17H,3-4,7,9-10H2,1-2H3,(H2,15,18). The van der Waals surface area contributed by atoms with Crippen LogP contribution in [0, 0.1) is 6.92 Å². The summed E-state index contributed by atoms with van der Waals surface area (Å²) in [6.07, 6.45) is 2.09. The molecule has 4 nitrogen and oxygen atoms in total. The topological polar surface area (TPSA) is 66.6 Å². The highest BCUT2D eigenvalue weighted by Crippen LogP contribution is 2.21. The summed E-state index contributed by atoms with van der Waals surface area (Å²) in [5.74, 6) is -0.322. The third-order valence-electron chi connectivity index (χ3n) is 2.91. The van der Waals surface area contributed by atoms with Crippen LogP contribution in [0.5, 0.6) is 0 Å². The van der Waals surface area contributed by atoms with Gasteiger partial charge in [0.1, 0.15) is 0 Å². The Kier molecular flexibility index (Phi) is 5.65. The van der Waals surface area contributed by atoms with Crippen LogP contribution in [-0.2, 0) is 11.4 Å². The molecule has 1 aromatic rings. The lowest BCUT2D eigenvalue weighted by molar-refractivity contribution is -0.116. The molecule has 3 N–H and O–H groups in total. The molecule has 0 aliphatic heterocycles. The number of primary amides is 1. The number of nitrogens with zero attached hydrogens (tertiary/aromatic N) is 1. The Hall–Kier alpha value is -1.55. The molecule has 1 aromatic carbocycles. The molecule has 0 heterocycles. The highest BCUT2D eigenvalue weighted by Gasteiger charge is 2.11. The molecule has 0 spiro atoms. The maximum Gasteiger partial charge on any atom is 0.236 e. The molecule has 0 aromatic heterocycles. The molecule has 0 fully saturated rings. The van der Waals surface area contributed by atoms with E-state index in [1.807, 2.05) is 30.0 Å². The van der Waals surface area contributed by atoms with Gasteiger partial charge in [0.25, 0.3) is 0 Å². The van der Waals surface area contributed by atoms with E-state index in [0.29, 0.717) is 0 Å². The lowest BCUT2D eigenvalue weighted by Gasteiger charge is -2.25. The molecule has 1 amide bonds. The van der Waals surface area contributed by atoms with E-state index in [4.69, 9.17) is 10.8 Å². The first kappa shape index (κ1) is 14.5. The van der Waals surface area contributed by atoms with Gasteiger partial charge in [-0.2, -0.15) is 0 Å². The number of hydrogen-bond acceptors (Lipinski definition) is 3. The number of hydrogen-bond donors (Lipinski definition) is 2. The van der Waals surface area contributed by atoms with E-state index >= 15 is 0 Å². The van der Waals surface area contributed by atoms with Crippen molar-refractivity contribution in [1.82, 2.24) is 0 Å². The second-order valence-corrected chi connectivity index (χ2v) is 4.52. The Morgan fingerprint density at radius 3 is 2.67 bits per heavy atom. The molecular formula is C14H22N2O2. The maximum absolute atomic E-state index is 11.1. The predicted octanol–water partition coefficient (Wildman–Crippen LogP) is 1.58. The van der Waals surface area contributed by atoms with Crippen LogP contribution >= 0.6 is 0 Å². The highest BCUT2D eigenvalue weighted by atomic mass is 16.3. The molecule has 18 heavy (non-hydrogen) atoms. The average Bonchev–Trinajstić information content (AvgIpc) is 2.34. The summed E-state index contributed by atoms with van der Waals surface area (Å²) in [6, 6.07) is 5.76. The van der Waals surface area contributed by atoms with Gasteiger partial charge in [-0.05, 0) is 30.5 Å². The van der Waals surface area contributed by atoms with E-state index in [1.54, 1.807) is 0 Å². The van der Waals surface area contributed by atoms with E-state index in [0.717, 1.165) is 36.2 Å². The zero-order valence-corrected chi connectivity index (χ0v) is 11.1. The van der Waals surface area contributed by atoms with Crippen LogP contribution in [0.25, 0.3) is 0 Å². The fraction of sp³-hybridized carbons (Fsp3) is 0.500. The summed E-state index contributed by atoms with van der Waals surface area (Å²) in [5, 5.41) is 9.09. The number of amides is 1. The number of nitrogens with two attached hydrogens (primary N) is 1. The van der Waals surface area contributed by atoms with Crippen molar-refractivity contribution in [3.63, 3.8) is 0 Å². The zero-order chi connectivity index (χ0) is 13.5. The number of aryl methyl sites for hydroxylation is 1. The van der Waals surface area contributed by atoms with Gasteiger partial charge in [-0.1, -0.05) is 25.5 Å². The van der Waals surface area contributed by atoms with Crippen molar-refractivity contribution in [1.29, 1.82) is 0 Å². The lowest BCUT2D eigenvalue weighted by atomic mass is 10.1. The third-order valence-corrected chi connectivity index (χ3v) is 2.91. The largest absolute Gasteiger partial charge is 0.392 e. The summed E-state index contributed by atoms with van der Waals surface area (Å²) in [6.45, 7) is 5.18. The van der Waals surface area contributed by atoms with Gasteiger partial charge in [0, 0.05) is 12.2 Å². The molecule has 0 aliphatic rings. The lowest BCUT2D eigenvalue weighted by Crippen LogP contribution is -2.35. The average molecular weight is 250 g/mol. The van der Waals surface area contributed by atoms with Gasteiger partial charge in [-0.15, -0.1) is 0 Å². The monoisotopic (exact) mass is 250 g/mol. The first-order chi connectivity index (χ1) is 8.58. The normalized spacial score (nSPS) is 10.4. The third kappa shape index (κ3) is 4.04. The van der Waals surface area contributed by atoms with E-state index in [2.05, 4.69) is 6.92 Å². The minimum absolute atomic E-state index is 0.0336.